The van der Waals surface area contributed by atoms with Gasteiger partial charge in [-0.1, -0.05) is 11.8 Å². The van der Waals surface area contributed by atoms with Crippen molar-refractivity contribution in [3.8, 4) is 0 Å². The Morgan fingerprint density at radius 2 is 2.40 bits per heavy atom. The summed E-state index contributed by atoms with van der Waals surface area (Å²) in [5, 5.41) is 0.554. The number of anilines is 1. The van der Waals surface area contributed by atoms with Crippen LogP contribution in [0.25, 0.3) is 0 Å². The lowest BCUT2D eigenvalue weighted by Gasteiger charge is -2.10. The van der Waals surface area contributed by atoms with Gasteiger partial charge in [0.2, 0.25) is 0 Å². The van der Waals surface area contributed by atoms with Gasteiger partial charge in [0.05, 0.1) is 18.8 Å². The lowest BCUT2D eigenvalue weighted by atomic mass is 10.2. The summed E-state index contributed by atoms with van der Waals surface area (Å²) in [7, 11) is 0. The first-order valence-corrected chi connectivity index (χ1v) is 7.66. The second-order valence-corrected chi connectivity index (χ2v) is 5.62. The summed E-state index contributed by atoms with van der Waals surface area (Å²) in [4.78, 5) is 19.8. The van der Waals surface area contributed by atoms with Crippen LogP contribution in [0.3, 0.4) is 0 Å². The summed E-state index contributed by atoms with van der Waals surface area (Å²) in [6.07, 6.45) is 4.14. The Kier molecular flexibility index (Phi) is 5.19. The molecule has 7 heteroatoms. The van der Waals surface area contributed by atoms with Crippen LogP contribution in [-0.2, 0) is 9.47 Å². The second-order valence-electron chi connectivity index (χ2n) is 4.63. The van der Waals surface area contributed by atoms with Crippen LogP contribution < -0.4 is 5.73 Å². The number of nitrogens with zero attached hydrogens (tertiary/aromatic N) is 2. The van der Waals surface area contributed by atoms with E-state index in [-0.39, 0.29) is 17.5 Å². The highest BCUT2D eigenvalue weighted by Crippen LogP contribution is 2.25. The van der Waals surface area contributed by atoms with Crippen LogP contribution in [0.5, 0.6) is 0 Å². The van der Waals surface area contributed by atoms with Gasteiger partial charge in [-0.15, -0.1) is 0 Å². The van der Waals surface area contributed by atoms with E-state index in [0.717, 1.165) is 18.6 Å². The molecule has 0 aliphatic carbocycles. The van der Waals surface area contributed by atoms with E-state index in [1.54, 1.807) is 6.92 Å². The van der Waals surface area contributed by atoms with Gasteiger partial charge >= 0.3 is 5.97 Å². The summed E-state index contributed by atoms with van der Waals surface area (Å²) in [5.74, 6) is 0.457. The zero-order chi connectivity index (χ0) is 14.5. The molecule has 0 amide bonds. The normalized spacial score (nSPS) is 21.9. The molecular formula is C13H19N3O3S. The minimum Gasteiger partial charge on any atom is -0.462 e. The highest BCUT2D eigenvalue weighted by molar-refractivity contribution is 7.99. The van der Waals surface area contributed by atoms with E-state index in [9.17, 15) is 4.79 Å². The summed E-state index contributed by atoms with van der Waals surface area (Å²) in [5.41, 5.74) is 5.97. The van der Waals surface area contributed by atoms with Gasteiger partial charge in [0, 0.05) is 11.9 Å². The molecule has 0 radical (unpaired) electrons. The van der Waals surface area contributed by atoms with Crippen molar-refractivity contribution in [2.24, 2.45) is 0 Å². The number of aromatic nitrogens is 2. The third kappa shape index (κ3) is 3.83. The molecule has 2 N–H and O–H groups in total. The molecule has 0 bridgehead atoms. The SMILES string of the molecule is CCOC(=O)c1cnc(SCC2CCC(C)O2)nc1N. The topological polar surface area (TPSA) is 87.3 Å². The maximum Gasteiger partial charge on any atom is 0.343 e. The Hall–Kier alpha value is -1.34. The molecule has 1 fully saturated rings. The summed E-state index contributed by atoms with van der Waals surface area (Å²) < 4.78 is 10.6. The second kappa shape index (κ2) is 6.90. The number of carbonyl (C=O) groups excluding carboxylic acids is 1. The maximum absolute atomic E-state index is 11.6. The van der Waals surface area contributed by atoms with Gasteiger partial charge in [-0.25, -0.2) is 14.8 Å². The number of hydrogen-bond acceptors (Lipinski definition) is 7. The van der Waals surface area contributed by atoms with E-state index >= 15 is 0 Å². The molecule has 110 valence electrons. The highest BCUT2D eigenvalue weighted by Gasteiger charge is 2.22. The Balaban J connectivity index is 1.93. The van der Waals surface area contributed by atoms with Gasteiger partial charge in [0.25, 0.3) is 0 Å². The van der Waals surface area contributed by atoms with Gasteiger partial charge in [0.1, 0.15) is 11.4 Å². The molecule has 1 aliphatic rings. The van der Waals surface area contributed by atoms with Crippen LogP contribution in [0, 0.1) is 0 Å². The molecule has 6 nitrogen and oxygen atoms in total. The summed E-state index contributed by atoms with van der Waals surface area (Å²) in [6.45, 7) is 4.11. The first kappa shape index (κ1) is 15.1. The fraction of sp³-hybridized carbons (Fsp3) is 0.615. The van der Waals surface area contributed by atoms with Crippen LogP contribution in [0.2, 0.25) is 0 Å². The number of ether oxygens (including phenoxy) is 2. The minimum absolute atomic E-state index is 0.154. The third-order valence-electron chi connectivity index (χ3n) is 3.01. The van der Waals surface area contributed by atoms with E-state index in [1.165, 1.54) is 18.0 Å². The van der Waals surface area contributed by atoms with Crippen molar-refractivity contribution in [3.63, 3.8) is 0 Å². The zero-order valence-electron chi connectivity index (χ0n) is 11.7. The van der Waals surface area contributed by atoms with Gasteiger partial charge in [0.15, 0.2) is 5.16 Å². The van der Waals surface area contributed by atoms with Crippen molar-refractivity contribution < 1.29 is 14.3 Å². The summed E-state index contributed by atoms with van der Waals surface area (Å²) in [6, 6.07) is 0. The fourth-order valence-electron chi connectivity index (χ4n) is 1.99. The Labute approximate surface area is 122 Å². The maximum atomic E-state index is 11.6. The molecule has 20 heavy (non-hydrogen) atoms. The van der Waals surface area contributed by atoms with Crippen LogP contribution in [-0.4, -0.2) is 40.5 Å². The van der Waals surface area contributed by atoms with Crippen LogP contribution in [0.4, 0.5) is 5.82 Å². The number of carbonyl (C=O) groups is 1. The number of nitrogens with two attached hydrogens (primary N) is 1. The molecular weight excluding hydrogens is 278 g/mol. The predicted octanol–water partition coefficient (Wildman–Crippen LogP) is 1.90. The van der Waals surface area contributed by atoms with Gasteiger partial charge in [-0.3, -0.25) is 0 Å². The third-order valence-corrected chi connectivity index (χ3v) is 4.00. The van der Waals surface area contributed by atoms with Crippen molar-refractivity contribution in [1.82, 2.24) is 9.97 Å². The largest absolute Gasteiger partial charge is 0.462 e. The standard InChI is InChI=1S/C13H19N3O3S/c1-3-18-12(17)10-6-15-13(16-11(10)14)20-7-9-5-4-8(2)19-9/h6,8-9H,3-5,7H2,1-2H3,(H2,14,15,16). The molecule has 1 aliphatic heterocycles. The Morgan fingerprint density at radius 1 is 1.60 bits per heavy atom. The zero-order valence-corrected chi connectivity index (χ0v) is 12.5. The van der Waals surface area contributed by atoms with Crippen LogP contribution >= 0.6 is 11.8 Å². The molecule has 2 rings (SSSR count). The van der Waals surface area contributed by atoms with Crippen molar-refractivity contribution in [2.45, 2.75) is 44.1 Å². The van der Waals surface area contributed by atoms with Gasteiger partial charge in [-0.2, -0.15) is 0 Å². The molecule has 1 aromatic heterocycles. The minimum atomic E-state index is -0.491. The van der Waals surface area contributed by atoms with E-state index in [2.05, 4.69) is 16.9 Å². The molecule has 2 unspecified atom stereocenters. The van der Waals surface area contributed by atoms with Gasteiger partial charge < -0.3 is 15.2 Å². The molecule has 2 heterocycles. The van der Waals surface area contributed by atoms with E-state index < -0.39 is 5.97 Å². The smallest absolute Gasteiger partial charge is 0.343 e. The Morgan fingerprint density at radius 3 is 3.00 bits per heavy atom. The molecule has 0 saturated carbocycles. The lowest BCUT2D eigenvalue weighted by molar-refractivity contribution is 0.0526. The van der Waals surface area contributed by atoms with Crippen LogP contribution in [0.15, 0.2) is 11.4 Å². The molecule has 2 atom stereocenters. The molecule has 0 aromatic carbocycles. The Bertz CT molecular complexity index is 484. The van der Waals surface area contributed by atoms with Crippen LogP contribution in [0.1, 0.15) is 37.0 Å². The monoisotopic (exact) mass is 297 g/mol. The quantitative estimate of drug-likeness (QED) is 0.504. The van der Waals surface area contributed by atoms with Crippen molar-refractivity contribution in [1.29, 1.82) is 0 Å². The average molecular weight is 297 g/mol. The molecule has 0 spiro atoms. The molecule has 1 aromatic rings. The fourth-order valence-corrected chi connectivity index (χ4v) is 2.86. The van der Waals surface area contributed by atoms with Crippen molar-refractivity contribution in [2.75, 3.05) is 18.1 Å². The number of rotatable bonds is 5. The summed E-state index contributed by atoms with van der Waals surface area (Å²) >= 11 is 1.49. The van der Waals surface area contributed by atoms with Crippen molar-refractivity contribution >= 4 is 23.5 Å². The average Bonchev–Trinajstić information content (AvgIpc) is 2.82. The van der Waals surface area contributed by atoms with Gasteiger partial charge in [-0.05, 0) is 26.7 Å². The lowest BCUT2D eigenvalue weighted by Crippen LogP contribution is -2.13. The van der Waals surface area contributed by atoms with E-state index in [4.69, 9.17) is 15.2 Å². The number of nitrogen functional groups attached to an aromatic ring is 1. The number of hydrogen-bond donors (Lipinski definition) is 1. The number of esters is 1. The first-order valence-electron chi connectivity index (χ1n) is 6.68. The van der Waals surface area contributed by atoms with E-state index in [0.29, 0.717) is 17.9 Å². The molecule has 1 saturated heterocycles. The predicted molar refractivity (Wildman–Crippen MR) is 76.7 cm³/mol. The van der Waals surface area contributed by atoms with E-state index in [1.807, 2.05) is 0 Å². The highest BCUT2D eigenvalue weighted by atomic mass is 32.2. The number of thioether (sulfide) groups is 1. The first-order chi connectivity index (χ1) is 9.60. The van der Waals surface area contributed by atoms with Crippen molar-refractivity contribution in [3.05, 3.63) is 11.8 Å².